The van der Waals surface area contributed by atoms with Gasteiger partial charge in [0.2, 0.25) is 11.9 Å². The lowest BCUT2D eigenvalue weighted by molar-refractivity contribution is -0.129. The number of hydrogen-bond acceptors (Lipinski definition) is 6. The van der Waals surface area contributed by atoms with Gasteiger partial charge in [0.15, 0.2) is 5.82 Å². The van der Waals surface area contributed by atoms with Crippen LogP contribution in [0.25, 0.3) is 0 Å². The van der Waals surface area contributed by atoms with E-state index in [0.717, 1.165) is 0 Å². The third-order valence-electron chi connectivity index (χ3n) is 3.71. The summed E-state index contributed by atoms with van der Waals surface area (Å²) in [4.78, 5) is 19.8. The molecule has 1 aromatic carbocycles. The molecule has 0 spiro atoms. The topological polar surface area (TPSA) is 74.2 Å². The van der Waals surface area contributed by atoms with Crippen molar-refractivity contribution in [3.63, 3.8) is 0 Å². The molecule has 3 rings (SSSR count). The highest BCUT2D eigenvalue weighted by Crippen LogP contribution is 2.24. The minimum Gasteiger partial charge on any atom is -0.352 e. The van der Waals surface area contributed by atoms with E-state index >= 15 is 0 Å². The molecular weight excluding hydrogens is 351 g/mol. The van der Waals surface area contributed by atoms with Gasteiger partial charge in [-0.15, -0.1) is 5.10 Å². The van der Waals surface area contributed by atoms with Crippen molar-refractivity contribution in [2.24, 2.45) is 0 Å². The molecule has 0 atom stereocenters. The Labute approximate surface area is 149 Å². The molecular formula is C15H16Cl2N6O. The van der Waals surface area contributed by atoms with Crippen molar-refractivity contribution in [1.82, 2.24) is 20.1 Å². The number of hydrogen-bond donors (Lipinski definition) is 1. The number of rotatable bonds is 3. The first-order valence-electron chi connectivity index (χ1n) is 7.44. The van der Waals surface area contributed by atoms with Gasteiger partial charge < -0.3 is 15.1 Å². The number of nitrogens with one attached hydrogen (secondary N) is 1. The van der Waals surface area contributed by atoms with Gasteiger partial charge >= 0.3 is 0 Å². The normalized spacial score (nSPS) is 14.6. The van der Waals surface area contributed by atoms with E-state index < -0.39 is 0 Å². The number of benzene rings is 1. The van der Waals surface area contributed by atoms with Gasteiger partial charge in [0, 0.05) is 48.8 Å². The highest BCUT2D eigenvalue weighted by molar-refractivity contribution is 6.35. The summed E-state index contributed by atoms with van der Waals surface area (Å²) >= 11 is 12.0. The predicted molar refractivity (Wildman–Crippen MR) is 94.0 cm³/mol. The Balaban J connectivity index is 1.71. The molecule has 0 radical (unpaired) electrons. The molecule has 2 aromatic rings. The number of anilines is 3. The number of nitrogens with zero attached hydrogens (tertiary/aromatic N) is 5. The molecule has 1 aliphatic heterocycles. The van der Waals surface area contributed by atoms with Gasteiger partial charge in [0.1, 0.15) is 0 Å². The van der Waals surface area contributed by atoms with Crippen LogP contribution in [0.3, 0.4) is 0 Å². The van der Waals surface area contributed by atoms with Crippen LogP contribution in [0.1, 0.15) is 6.92 Å². The Morgan fingerprint density at radius 2 is 1.79 bits per heavy atom. The molecule has 9 heteroatoms. The molecule has 1 saturated heterocycles. The van der Waals surface area contributed by atoms with E-state index in [1.807, 2.05) is 4.90 Å². The van der Waals surface area contributed by atoms with Crippen LogP contribution in [0, 0.1) is 0 Å². The second-order valence-corrected chi connectivity index (χ2v) is 6.29. The smallest absolute Gasteiger partial charge is 0.249 e. The summed E-state index contributed by atoms with van der Waals surface area (Å²) in [6, 6.07) is 5.11. The molecule has 2 heterocycles. The lowest BCUT2D eigenvalue weighted by Crippen LogP contribution is -2.48. The Morgan fingerprint density at radius 1 is 1.12 bits per heavy atom. The molecule has 0 saturated carbocycles. The van der Waals surface area contributed by atoms with Gasteiger partial charge in [0.05, 0.1) is 6.20 Å². The van der Waals surface area contributed by atoms with E-state index in [9.17, 15) is 4.79 Å². The highest BCUT2D eigenvalue weighted by Gasteiger charge is 2.20. The van der Waals surface area contributed by atoms with Crippen LogP contribution in [-0.2, 0) is 4.79 Å². The monoisotopic (exact) mass is 366 g/mol. The van der Waals surface area contributed by atoms with E-state index in [2.05, 4.69) is 25.4 Å². The molecule has 24 heavy (non-hydrogen) atoms. The molecule has 1 fully saturated rings. The fraction of sp³-hybridized carbons (Fsp3) is 0.333. The van der Waals surface area contributed by atoms with Gasteiger partial charge in [-0.25, -0.2) is 0 Å². The molecule has 1 aromatic heterocycles. The van der Waals surface area contributed by atoms with Crippen LogP contribution in [0.15, 0.2) is 24.4 Å². The molecule has 1 N–H and O–H groups in total. The number of carbonyl (C=O) groups excluding carboxylic acids is 1. The summed E-state index contributed by atoms with van der Waals surface area (Å²) < 4.78 is 0. The lowest BCUT2D eigenvalue weighted by atomic mass is 10.3. The summed E-state index contributed by atoms with van der Waals surface area (Å²) in [6.45, 7) is 4.35. The summed E-state index contributed by atoms with van der Waals surface area (Å²) in [6.07, 6.45) is 1.61. The molecule has 0 unspecified atom stereocenters. The average Bonchev–Trinajstić information content (AvgIpc) is 2.54. The third kappa shape index (κ3) is 4.04. The summed E-state index contributed by atoms with van der Waals surface area (Å²) in [5, 5.41) is 12.1. The highest BCUT2D eigenvalue weighted by atomic mass is 35.5. The van der Waals surface area contributed by atoms with Crippen molar-refractivity contribution in [2.75, 3.05) is 36.4 Å². The number of halogens is 2. The van der Waals surface area contributed by atoms with Crippen molar-refractivity contribution in [3.8, 4) is 0 Å². The zero-order valence-corrected chi connectivity index (χ0v) is 14.5. The standard InChI is InChI=1S/C15H16Cl2N6O/c1-10(24)22-2-4-23(5-3-22)14-9-18-21-15(20-14)19-13-7-11(16)6-12(17)8-13/h6-9H,2-5H2,1H3,(H,19,20,21). The lowest BCUT2D eigenvalue weighted by Gasteiger charge is -2.34. The average molecular weight is 367 g/mol. The van der Waals surface area contributed by atoms with Crippen LogP contribution in [0.4, 0.5) is 17.5 Å². The van der Waals surface area contributed by atoms with E-state index in [1.54, 1.807) is 31.3 Å². The van der Waals surface area contributed by atoms with Gasteiger partial charge in [-0.3, -0.25) is 4.79 Å². The van der Waals surface area contributed by atoms with Crippen molar-refractivity contribution >= 4 is 46.6 Å². The summed E-state index contributed by atoms with van der Waals surface area (Å²) in [5.41, 5.74) is 0.688. The van der Waals surface area contributed by atoms with Gasteiger partial charge in [0.25, 0.3) is 0 Å². The van der Waals surface area contributed by atoms with E-state index in [1.165, 1.54) is 0 Å². The van der Waals surface area contributed by atoms with E-state index in [4.69, 9.17) is 23.2 Å². The number of carbonyl (C=O) groups is 1. The first kappa shape index (κ1) is 16.7. The first-order valence-corrected chi connectivity index (χ1v) is 8.20. The van der Waals surface area contributed by atoms with E-state index in [-0.39, 0.29) is 5.91 Å². The molecule has 1 aliphatic rings. The zero-order valence-electron chi connectivity index (χ0n) is 13.0. The molecule has 7 nitrogen and oxygen atoms in total. The van der Waals surface area contributed by atoms with Crippen LogP contribution in [-0.4, -0.2) is 52.2 Å². The zero-order chi connectivity index (χ0) is 17.1. The fourth-order valence-electron chi connectivity index (χ4n) is 2.51. The molecule has 0 bridgehead atoms. The van der Waals surface area contributed by atoms with Crippen LogP contribution in [0.5, 0.6) is 0 Å². The van der Waals surface area contributed by atoms with Crippen LogP contribution >= 0.6 is 23.2 Å². The van der Waals surface area contributed by atoms with Gasteiger partial charge in [-0.1, -0.05) is 23.2 Å². The number of aromatic nitrogens is 3. The van der Waals surface area contributed by atoms with E-state index in [0.29, 0.717) is 53.7 Å². The van der Waals surface area contributed by atoms with Crippen molar-refractivity contribution < 1.29 is 4.79 Å². The Bertz CT molecular complexity index is 728. The largest absolute Gasteiger partial charge is 0.352 e. The van der Waals surface area contributed by atoms with Crippen molar-refractivity contribution in [3.05, 3.63) is 34.4 Å². The maximum atomic E-state index is 11.4. The van der Waals surface area contributed by atoms with Gasteiger partial charge in [-0.05, 0) is 18.2 Å². The molecule has 126 valence electrons. The predicted octanol–water partition coefficient (Wildman–Crippen LogP) is 2.59. The number of amides is 1. The fourth-order valence-corrected chi connectivity index (χ4v) is 3.03. The van der Waals surface area contributed by atoms with Crippen LogP contribution < -0.4 is 10.2 Å². The summed E-state index contributed by atoms with van der Waals surface area (Å²) in [7, 11) is 0. The van der Waals surface area contributed by atoms with Gasteiger partial charge in [-0.2, -0.15) is 10.1 Å². The van der Waals surface area contributed by atoms with Crippen molar-refractivity contribution in [1.29, 1.82) is 0 Å². The maximum Gasteiger partial charge on any atom is 0.249 e. The van der Waals surface area contributed by atoms with Crippen molar-refractivity contribution in [2.45, 2.75) is 6.92 Å². The Hall–Kier alpha value is -2.12. The molecule has 1 amide bonds. The SMILES string of the molecule is CC(=O)N1CCN(c2cnnc(Nc3cc(Cl)cc(Cl)c3)n2)CC1. The maximum absolute atomic E-state index is 11.4. The Kier molecular flexibility index (Phi) is 5.01. The molecule has 0 aliphatic carbocycles. The number of piperazine rings is 1. The quantitative estimate of drug-likeness (QED) is 0.899. The Morgan fingerprint density at radius 3 is 2.42 bits per heavy atom. The second kappa shape index (κ2) is 7.19. The minimum atomic E-state index is 0.0932. The minimum absolute atomic E-state index is 0.0932. The summed E-state index contributed by atoms with van der Waals surface area (Å²) in [5.74, 6) is 1.17. The van der Waals surface area contributed by atoms with Crippen LogP contribution in [0.2, 0.25) is 10.0 Å². The second-order valence-electron chi connectivity index (χ2n) is 5.41. The first-order chi connectivity index (χ1) is 11.5. The third-order valence-corrected chi connectivity index (χ3v) is 4.15.